The predicted molar refractivity (Wildman–Crippen MR) is 107 cm³/mol. The van der Waals surface area contributed by atoms with Gasteiger partial charge in [-0.3, -0.25) is 9.69 Å². The number of nitrogens with one attached hydrogen (secondary N) is 1. The van der Waals surface area contributed by atoms with Gasteiger partial charge in [0.2, 0.25) is 0 Å². The molecule has 1 aliphatic rings. The van der Waals surface area contributed by atoms with Gasteiger partial charge in [-0.2, -0.15) is 0 Å². The van der Waals surface area contributed by atoms with Gasteiger partial charge in [-0.15, -0.1) is 11.3 Å². The van der Waals surface area contributed by atoms with E-state index in [4.69, 9.17) is 5.73 Å². The van der Waals surface area contributed by atoms with Crippen molar-refractivity contribution in [1.82, 2.24) is 14.9 Å². The van der Waals surface area contributed by atoms with E-state index in [-0.39, 0.29) is 11.4 Å². The third-order valence-corrected chi connectivity index (χ3v) is 6.29. The lowest BCUT2D eigenvalue weighted by Gasteiger charge is -2.22. The number of H-pyrrole nitrogens is 1. The number of benzene rings is 1. The summed E-state index contributed by atoms with van der Waals surface area (Å²) in [4.78, 5) is 23.4. The van der Waals surface area contributed by atoms with E-state index in [1.165, 1.54) is 36.3 Å². The molecule has 3 aromatic rings. The molecule has 1 saturated heterocycles. The maximum absolute atomic E-state index is 13.2. The number of rotatable bonds is 4. The van der Waals surface area contributed by atoms with Gasteiger partial charge in [0.15, 0.2) is 0 Å². The highest BCUT2D eigenvalue weighted by atomic mass is 32.1. The molecule has 0 spiro atoms. The third kappa shape index (κ3) is 4.10. The molecule has 0 saturated carbocycles. The summed E-state index contributed by atoms with van der Waals surface area (Å²) >= 11 is 1.39. The van der Waals surface area contributed by atoms with Crippen LogP contribution < -0.4 is 11.3 Å². The van der Waals surface area contributed by atoms with Crippen LogP contribution in [0, 0.1) is 11.7 Å². The SMILES string of the molecule is NCC1CCCCN(Cc2nc3cc(-c4ccc(F)cc4)sc3c(=O)[nH]2)C1. The summed E-state index contributed by atoms with van der Waals surface area (Å²) in [5.41, 5.74) is 7.34. The van der Waals surface area contributed by atoms with Crippen LogP contribution in [0.15, 0.2) is 35.1 Å². The van der Waals surface area contributed by atoms with Gasteiger partial charge in [-0.25, -0.2) is 9.37 Å². The standard InChI is InChI=1S/C20H23FN4OS/c21-15-6-4-14(5-7-15)17-9-16-19(27-17)20(26)24-18(23-16)12-25-8-2-1-3-13(10-22)11-25/h4-7,9,13H,1-3,8,10-12,22H2,(H,23,24,26). The predicted octanol–water partition coefficient (Wildman–Crippen LogP) is 3.35. The Labute approximate surface area is 161 Å². The summed E-state index contributed by atoms with van der Waals surface area (Å²) in [5.74, 6) is 0.925. The van der Waals surface area contributed by atoms with Crippen molar-refractivity contribution in [2.75, 3.05) is 19.6 Å². The van der Waals surface area contributed by atoms with E-state index < -0.39 is 0 Å². The fourth-order valence-corrected chi connectivity index (χ4v) is 4.68. The molecule has 27 heavy (non-hydrogen) atoms. The summed E-state index contributed by atoms with van der Waals surface area (Å²) < 4.78 is 13.8. The Bertz CT molecular complexity index is 982. The summed E-state index contributed by atoms with van der Waals surface area (Å²) in [6.07, 6.45) is 3.52. The van der Waals surface area contributed by atoms with Crippen molar-refractivity contribution >= 4 is 21.6 Å². The van der Waals surface area contributed by atoms with Gasteiger partial charge < -0.3 is 10.7 Å². The van der Waals surface area contributed by atoms with Gasteiger partial charge in [-0.1, -0.05) is 18.6 Å². The second-order valence-electron chi connectivity index (χ2n) is 7.18. The Hall–Kier alpha value is -2.09. The zero-order valence-electron chi connectivity index (χ0n) is 15.1. The molecule has 7 heteroatoms. The normalized spacial score (nSPS) is 18.7. The number of likely N-dealkylation sites (tertiary alicyclic amines) is 1. The molecular weight excluding hydrogens is 363 g/mol. The second-order valence-corrected chi connectivity index (χ2v) is 8.23. The Morgan fingerprint density at radius 1 is 1.30 bits per heavy atom. The molecule has 2 aromatic heterocycles. The Kier molecular flexibility index (Phi) is 5.33. The van der Waals surface area contributed by atoms with Crippen molar-refractivity contribution in [2.24, 2.45) is 11.7 Å². The van der Waals surface area contributed by atoms with Crippen LogP contribution in [0.1, 0.15) is 25.1 Å². The van der Waals surface area contributed by atoms with Gasteiger partial charge in [0.1, 0.15) is 16.3 Å². The topological polar surface area (TPSA) is 75.0 Å². The smallest absolute Gasteiger partial charge is 0.268 e. The molecule has 1 aliphatic heterocycles. The van der Waals surface area contributed by atoms with E-state index in [0.29, 0.717) is 35.0 Å². The molecule has 1 aromatic carbocycles. The molecule has 0 aliphatic carbocycles. The second kappa shape index (κ2) is 7.88. The van der Waals surface area contributed by atoms with Crippen LogP contribution in [0.4, 0.5) is 4.39 Å². The average molecular weight is 386 g/mol. The molecule has 0 bridgehead atoms. The molecule has 142 valence electrons. The Balaban J connectivity index is 1.61. The summed E-state index contributed by atoms with van der Waals surface area (Å²) in [6.45, 7) is 3.28. The van der Waals surface area contributed by atoms with E-state index in [0.717, 1.165) is 30.0 Å². The highest BCUT2D eigenvalue weighted by molar-refractivity contribution is 7.22. The van der Waals surface area contributed by atoms with E-state index in [1.54, 1.807) is 12.1 Å². The Morgan fingerprint density at radius 3 is 2.89 bits per heavy atom. The number of halogens is 1. The molecule has 1 unspecified atom stereocenters. The molecule has 5 nitrogen and oxygen atoms in total. The minimum absolute atomic E-state index is 0.112. The number of nitrogens with zero attached hydrogens (tertiary/aromatic N) is 2. The van der Waals surface area contributed by atoms with Crippen LogP contribution in [-0.4, -0.2) is 34.5 Å². The van der Waals surface area contributed by atoms with Crippen LogP contribution in [-0.2, 0) is 6.54 Å². The van der Waals surface area contributed by atoms with Gasteiger partial charge >= 0.3 is 0 Å². The number of fused-ring (bicyclic) bond motifs is 1. The largest absolute Gasteiger partial charge is 0.330 e. The van der Waals surface area contributed by atoms with Crippen molar-refractivity contribution in [3.05, 3.63) is 52.3 Å². The number of nitrogens with two attached hydrogens (primary N) is 1. The number of thiophene rings is 1. The molecule has 0 amide bonds. The first-order valence-corrected chi connectivity index (χ1v) is 10.1. The first-order chi connectivity index (χ1) is 13.1. The zero-order chi connectivity index (χ0) is 18.8. The number of hydrogen-bond donors (Lipinski definition) is 2. The van der Waals surface area contributed by atoms with Crippen molar-refractivity contribution in [3.8, 4) is 10.4 Å². The van der Waals surface area contributed by atoms with Crippen molar-refractivity contribution in [1.29, 1.82) is 0 Å². The van der Waals surface area contributed by atoms with Crippen LogP contribution in [0.2, 0.25) is 0 Å². The lowest BCUT2D eigenvalue weighted by atomic mass is 10.0. The Morgan fingerprint density at radius 2 is 2.11 bits per heavy atom. The number of aromatic amines is 1. The lowest BCUT2D eigenvalue weighted by molar-refractivity contribution is 0.238. The fraction of sp³-hybridized carbons (Fsp3) is 0.400. The lowest BCUT2D eigenvalue weighted by Crippen LogP contribution is -2.32. The van der Waals surface area contributed by atoms with E-state index in [9.17, 15) is 9.18 Å². The van der Waals surface area contributed by atoms with Crippen LogP contribution in [0.5, 0.6) is 0 Å². The minimum Gasteiger partial charge on any atom is -0.330 e. The molecule has 0 radical (unpaired) electrons. The molecule has 3 N–H and O–H groups in total. The molecule has 3 heterocycles. The third-order valence-electron chi connectivity index (χ3n) is 5.12. The van der Waals surface area contributed by atoms with Crippen molar-refractivity contribution < 1.29 is 4.39 Å². The quantitative estimate of drug-likeness (QED) is 0.721. The van der Waals surface area contributed by atoms with Gasteiger partial charge in [0.25, 0.3) is 5.56 Å². The molecule has 4 rings (SSSR count). The van der Waals surface area contributed by atoms with Crippen LogP contribution in [0.3, 0.4) is 0 Å². The first-order valence-electron chi connectivity index (χ1n) is 9.33. The number of hydrogen-bond acceptors (Lipinski definition) is 5. The highest BCUT2D eigenvalue weighted by Crippen LogP contribution is 2.31. The molecular formula is C20H23FN4OS. The van der Waals surface area contributed by atoms with Gasteiger partial charge in [0, 0.05) is 11.4 Å². The molecule has 1 fully saturated rings. The maximum atomic E-state index is 13.2. The van der Waals surface area contributed by atoms with E-state index >= 15 is 0 Å². The summed E-state index contributed by atoms with van der Waals surface area (Å²) in [6, 6.07) is 8.21. The monoisotopic (exact) mass is 386 g/mol. The van der Waals surface area contributed by atoms with Gasteiger partial charge in [0.05, 0.1) is 12.1 Å². The average Bonchev–Trinajstić information content (AvgIpc) is 2.96. The van der Waals surface area contributed by atoms with Crippen molar-refractivity contribution in [3.63, 3.8) is 0 Å². The van der Waals surface area contributed by atoms with E-state index in [1.807, 2.05) is 6.07 Å². The van der Waals surface area contributed by atoms with Crippen LogP contribution in [0.25, 0.3) is 20.7 Å². The maximum Gasteiger partial charge on any atom is 0.268 e. The highest BCUT2D eigenvalue weighted by Gasteiger charge is 2.18. The zero-order valence-corrected chi connectivity index (χ0v) is 15.9. The minimum atomic E-state index is -0.272. The fourth-order valence-electron chi connectivity index (χ4n) is 3.68. The summed E-state index contributed by atoms with van der Waals surface area (Å²) in [7, 11) is 0. The van der Waals surface area contributed by atoms with Crippen molar-refractivity contribution in [2.45, 2.75) is 25.8 Å². The van der Waals surface area contributed by atoms with Gasteiger partial charge in [-0.05, 0) is 55.6 Å². The first kappa shape index (κ1) is 18.3. The van der Waals surface area contributed by atoms with E-state index in [2.05, 4.69) is 14.9 Å². The number of aromatic nitrogens is 2. The summed E-state index contributed by atoms with van der Waals surface area (Å²) in [5, 5.41) is 0. The molecule has 1 atom stereocenters. The van der Waals surface area contributed by atoms with Crippen LogP contribution >= 0.6 is 11.3 Å².